The van der Waals surface area contributed by atoms with Gasteiger partial charge in [-0.2, -0.15) is 5.26 Å². The molecule has 0 saturated heterocycles. The number of fused-ring (bicyclic) bond motifs is 2. The Bertz CT molecular complexity index is 2470. The van der Waals surface area contributed by atoms with Crippen LogP contribution in [-0.2, 0) is 4.79 Å². The van der Waals surface area contributed by atoms with E-state index in [9.17, 15) is 15.2 Å². The molecular formula is C42H37BF2N4O4S. The van der Waals surface area contributed by atoms with E-state index in [0.717, 1.165) is 61.3 Å². The molecule has 0 fully saturated rings. The summed E-state index contributed by atoms with van der Waals surface area (Å²) in [6, 6.07) is 28.7. The van der Waals surface area contributed by atoms with Gasteiger partial charge in [-0.1, -0.05) is 12.1 Å². The van der Waals surface area contributed by atoms with E-state index in [0.29, 0.717) is 33.2 Å². The van der Waals surface area contributed by atoms with Gasteiger partial charge in [-0.05, 0) is 123 Å². The Kier molecular flexibility index (Phi) is 9.15. The minimum atomic E-state index is -4.30. The van der Waals surface area contributed by atoms with Crippen molar-refractivity contribution in [3.05, 3.63) is 128 Å². The van der Waals surface area contributed by atoms with Crippen molar-refractivity contribution in [1.29, 1.82) is 5.26 Å². The Morgan fingerprint density at radius 1 is 0.852 bits per heavy atom. The van der Waals surface area contributed by atoms with Crippen LogP contribution < -0.4 is 14.4 Å². The third-order valence-electron chi connectivity index (χ3n) is 10.3. The van der Waals surface area contributed by atoms with Crippen molar-refractivity contribution in [2.75, 3.05) is 19.1 Å². The average Bonchev–Trinajstić information content (AvgIpc) is 3.82. The molecular weight excluding hydrogens is 705 g/mol. The second-order valence-corrected chi connectivity index (χ2v) is 14.4. The molecule has 0 saturated carbocycles. The van der Waals surface area contributed by atoms with Crippen molar-refractivity contribution in [3.63, 3.8) is 0 Å². The number of nitriles is 1. The zero-order chi connectivity index (χ0) is 38.6. The number of anilines is 3. The molecule has 272 valence electrons. The highest BCUT2D eigenvalue weighted by Crippen LogP contribution is 2.48. The van der Waals surface area contributed by atoms with Gasteiger partial charge in [0.05, 0.1) is 19.8 Å². The van der Waals surface area contributed by atoms with Gasteiger partial charge in [0.15, 0.2) is 5.70 Å². The molecule has 2 aliphatic heterocycles. The van der Waals surface area contributed by atoms with Crippen molar-refractivity contribution in [1.82, 2.24) is 4.48 Å². The van der Waals surface area contributed by atoms with Crippen LogP contribution in [0.4, 0.5) is 25.7 Å². The van der Waals surface area contributed by atoms with Gasteiger partial charge in [0.2, 0.25) is 0 Å². The number of aromatic nitrogens is 1. The number of thiophene rings is 1. The molecule has 0 spiro atoms. The summed E-state index contributed by atoms with van der Waals surface area (Å²) in [5, 5.41) is 18.5. The number of ether oxygens (including phenoxy) is 2. The minimum Gasteiger partial charge on any atom is -0.497 e. The fourth-order valence-electron chi connectivity index (χ4n) is 7.97. The number of carboxylic acid groups (broad SMARTS) is 1. The van der Waals surface area contributed by atoms with Gasteiger partial charge in [0.25, 0.3) is 0 Å². The molecule has 2 aromatic heterocycles. The number of allylic oxidation sites excluding steroid dienone is 3. The summed E-state index contributed by atoms with van der Waals surface area (Å²) in [5.74, 6) is 0.165. The third kappa shape index (κ3) is 5.72. The predicted octanol–water partition coefficient (Wildman–Crippen LogP) is 10.2. The summed E-state index contributed by atoms with van der Waals surface area (Å²) in [4.78, 5) is 14.8. The van der Waals surface area contributed by atoms with E-state index in [1.165, 1.54) is 26.4 Å². The fourth-order valence-corrected chi connectivity index (χ4v) is 9.08. The third-order valence-corrected chi connectivity index (χ3v) is 11.4. The molecule has 0 radical (unpaired) electrons. The fraction of sp³-hybridized carbons (Fsp3) is 0.167. The van der Waals surface area contributed by atoms with Crippen molar-refractivity contribution in [3.8, 4) is 28.7 Å². The lowest BCUT2D eigenvalue weighted by atomic mass is 9.86. The molecule has 3 aromatic carbocycles. The van der Waals surface area contributed by atoms with Gasteiger partial charge in [0.1, 0.15) is 28.9 Å². The molecule has 5 aromatic rings. The molecule has 54 heavy (non-hydrogen) atoms. The number of methoxy groups -OCH3 is 2. The number of hydrogen-bond acceptors (Lipinski definition) is 6. The summed E-state index contributed by atoms with van der Waals surface area (Å²) in [6.07, 6.45) is 1.30. The van der Waals surface area contributed by atoms with Gasteiger partial charge in [-0.25, -0.2) is 4.79 Å². The van der Waals surface area contributed by atoms with Gasteiger partial charge in [0, 0.05) is 56.1 Å². The number of aliphatic carboxylic acids is 1. The standard InChI is InChI=1S/C42H37BF2N4O4S/c1-24-38(29-8-10-31(11-9-29)47(32-12-16-34(52-6)17-13-32)33-14-18-35(53-7)19-15-33)27(4)48-40(24)26(3)41-25(2)39(28(5)49(41)43(48,44)45)37-21-20-36(54-37)22-30(23-46)42(50)51/h8-22H,1-7H3,(H,50,51)/b30-22+. The van der Waals surface area contributed by atoms with Gasteiger partial charge < -0.3 is 37.1 Å². The Labute approximate surface area is 316 Å². The highest BCUT2D eigenvalue weighted by molar-refractivity contribution is 7.14. The lowest BCUT2D eigenvalue weighted by molar-refractivity contribution is -0.363. The second-order valence-electron chi connectivity index (χ2n) is 13.3. The first kappa shape index (κ1) is 36.2. The number of carboxylic acids is 1. The molecule has 12 heteroatoms. The first-order valence-corrected chi connectivity index (χ1v) is 18.1. The summed E-state index contributed by atoms with van der Waals surface area (Å²) >= 11 is 1.26. The largest absolute Gasteiger partial charge is 0.737 e. The first-order valence-electron chi connectivity index (χ1n) is 17.3. The van der Waals surface area contributed by atoms with Gasteiger partial charge >= 0.3 is 12.9 Å². The van der Waals surface area contributed by atoms with E-state index >= 15 is 8.63 Å². The maximum atomic E-state index is 17.1. The quantitative estimate of drug-likeness (QED) is 0.0919. The average molecular weight is 743 g/mol. The second kappa shape index (κ2) is 13.7. The van der Waals surface area contributed by atoms with E-state index < -0.39 is 18.5 Å². The monoisotopic (exact) mass is 742 g/mol. The summed E-state index contributed by atoms with van der Waals surface area (Å²) in [7, 11) is 3.26. The number of rotatable bonds is 9. The zero-order valence-corrected chi connectivity index (χ0v) is 31.7. The molecule has 4 heterocycles. The molecule has 8 nitrogen and oxygen atoms in total. The molecule has 0 amide bonds. The van der Waals surface area contributed by atoms with Crippen LogP contribution in [0.25, 0.3) is 28.3 Å². The zero-order valence-electron chi connectivity index (χ0n) is 30.9. The highest BCUT2D eigenvalue weighted by Gasteiger charge is 2.56. The van der Waals surface area contributed by atoms with E-state index in [1.807, 2.05) is 93.6 Å². The molecule has 0 atom stereocenters. The summed E-state index contributed by atoms with van der Waals surface area (Å²) < 4.78 is 47.4. The van der Waals surface area contributed by atoms with E-state index in [4.69, 9.17) is 9.47 Å². The Balaban J connectivity index is 1.31. The van der Waals surface area contributed by atoms with Crippen LogP contribution in [0.3, 0.4) is 0 Å². The first-order chi connectivity index (χ1) is 25.8. The van der Waals surface area contributed by atoms with Crippen LogP contribution in [-0.4, -0.2) is 46.9 Å². The summed E-state index contributed by atoms with van der Waals surface area (Å²) in [5.41, 5.74) is 8.72. The lowest BCUT2D eigenvalue weighted by Crippen LogP contribution is -2.51. The maximum Gasteiger partial charge on any atom is 0.737 e. The van der Waals surface area contributed by atoms with Crippen LogP contribution in [0.1, 0.15) is 47.5 Å². The molecule has 0 aliphatic carbocycles. The van der Waals surface area contributed by atoms with E-state index in [-0.39, 0.29) is 0 Å². The Morgan fingerprint density at radius 3 is 1.89 bits per heavy atom. The number of carbonyl (C=O) groups is 1. The van der Waals surface area contributed by atoms with Crippen molar-refractivity contribution in [2.24, 2.45) is 0 Å². The van der Waals surface area contributed by atoms with Gasteiger partial charge in [-0.15, -0.1) is 11.3 Å². The normalized spacial score (nSPS) is 14.9. The van der Waals surface area contributed by atoms with Crippen molar-refractivity contribution < 1.29 is 32.5 Å². The van der Waals surface area contributed by atoms with E-state index in [2.05, 4.69) is 4.90 Å². The Hall–Kier alpha value is -6.19. The van der Waals surface area contributed by atoms with Crippen molar-refractivity contribution in [2.45, 2.75) is 34.6 Å². The number of hydrogen-bond donors (Lipinski definition) is 1. The molecule has 7 rings (SSSR count). The molecule has 1 N–H and O–H groups in total. The predicted molar refractivity (Wildman–Crippen MR) is 212 cm³/mol. The molecule has 0 unspecified atom stereocenters. The smallest absolute Gasteiger partial charge is 0.497 e. The minimum absolute atomic E-state index is 0.394. The van der Waals surface area contributed by atoms with Crippen molar-refractivity contribution >= 4 is 64.3 Å². The maximum absolute atomic E-state index is 17.1. The van der Waals surface area contributed by atoms with Crippen LogP contribution >= 0.6 is 11.3 Å². The topological polar surface area (TPSA) is 90.7 Å². The van der Waals surface area contributed by atoms with Crippen LogP contribution in [0.5, 0.6) is 11.5 Å². The lowest BCUT2D eigenvalue weighted by Gasteiger charge is -2.32. The van der Waals surface area contributed by atoms with Crippen LogP contribution in [0.15, 0.2) is 102 Å². The summed E-state index contributed by atoms with van der Waals surface area (Å²) in [6.45, 7) is 4.82. The Morgan fingerprint density at radius 2 is 1.39 bits per heavy atom. The van der Waals surface area contributed by atoms with Gasteiger partial charge in [-0.3, -0.25) is 0 Å². The SMILES string of the molecule is COc1ccc(N(c2ccc(OC)cc2)c2ccc(-c3c(C)c4n(c3C)[B-](F)(F)[N+]3=C(C)C(c5ccc(/C=C(\C#N)C(=O)O)s5)=C(C)C3=C4C)cc2)cc1. The number of nitrogens with zero attached hydrogens (tertiary/aromatic N) is 4. The van der Waals surface area contributed by atoms with Crippen LogP contribution in [0.2, 0.25) is 0 Å². The molecule has 0 bridgehead atoms. The number of benzene rings is 3. The molecule has 2 aliphatic rings. The highest BCUT2D eigenvalue weighted by atomic mass is 32.1. The van der Waals surface area contributed by atoms with E-state index in [1.54, 1.807) is 46.3 Å². The number of halogens is 2. The van der Waals surface area contributed by atoms with Crippen LogP contribution in [0, 0.1) is 25.2 Å².